The minimum Gasteiger partial charge on any atom is -0.335 e. The van der Waals surface area contributed by atoms with Crippen molar-refractivity contribution >= 4 is 5.91 Å². The smallest absolute Gasteiger partial charge is 0.272 e. The maximum absolute atomic E-state index is 13.8. The molecule has 1 amide bonds. The predicted molar refractivity (Wildman–Crippen MR) is 142 cm³/mol. The maximum Gasteiger partial charge on any atom is 0.272 e. The van der Waals surface area contributed by atoms with Crippen LogP contribution in [0.3, 0.4) is 0 Å². The molecule has 1 aromatic heterocycles. The highest BCUT2D eigenvalue weighted by Gasteiger charge is 2.31. The van der Waals surface area contributed by atoms with Gasteiger partial charge in [0.15, 0.2) is 0 Å². The monoisotopic (exact) mass is 474 g/mol. The first-order valence-electron chi connectivity index (χ1n) is 12.4. The number of amides is 1. The number of nitrogens with zero attached hydrogens (tertiary/aromatic N) is 4. The molecule has 5 rings (SSSR count). The number of aryl methyl sites for hydroxylation is 2. The zero-order valence-electron chi connectivity index (χ0n) is 20.8. The van der Waals surface area contributed by atoms with Gasteiger partial charge in [0.25, 0.3) is 5.91 Å². The quantitative estimate of drug-likeness (QED) is 0.383. The van der Waals surface area contributed by atoms with Crippen LogP contribution in [0.15, 0.2) is 91.1 Å². The lowest BCUT2D eigenvalue weighted by atomic mass is 9.96. The summed E-state index contributed by atoms with van der Waals surface area (Å²) in [5, 5.41) is 9.76. The van der Waals surface area contributed by atoms with E-state index in [0.29, 0.717) is 24.3 Å². The zero-order chi connectivity index (χ0) is 25.1. The van der Waals surface area contributed by atoms with Crippen LogP contribution < -0.4 is 0 Å². The Morgan fingerprint density at radius 1 is 0.833 bits per heavy atom. The molecule has 0 spiro atoms. The molecule has 36 heavy (non-hydrogen) atoms. The number of benzene rings is 3. The third-order valence-electron chi connectivity index (χ3n) is 7.02. The summed E-state index contributed by atoms with van der Waals surface area (Å²) in [5.74, 6) is -0.0906. The highest BCUT2D eigenvalue weighted by molar-refractivity contribution is 5.96. The first-order valence-corrected chi connectivity index (χ1v) is 12.4. The molecule has 1 fully saturated rings. The van der Waals surface area contributed by atoms with Crippen molar-refractivity contribution in [2.45, 2.75) is 19.9 Å². The second-order valence-electron chi connectivity index (χ2n) is 9.40. The van der Waals surface area contributed by atoms with Crippen molar-refractivity contribution in [1.82, 2.24) is 14.4 Å². The minimum atomic E-state index is -0.0906. The third-order valence-corrected chi connectivity index (χ3v) is 7.02. The lowest BCUT2D eigenvalue weighted by Crippen LogP contribution is -2.50. The van der Waals surface area contributed by atoms with Crippen molar-refractivity contribution in [3.05, 3.63) is 125 Å². The number of hydrogen-bond donors (Lipinski definition) is 0. The van der Waals surface area contributed by atoms with Gasteiger partial charge in [-0.1, -0.05) is 78.4 Å². The molecule has 0 radical (unpaired) electrons. The molecular weight excluding hydrogens is 444 g/mol. The number of nitriles is 1. The summed E-state index contributed by atoms with van der Waals surface area (Å²) < 4.78 is 1.87. The summed E-state index contributed by atoms with van der Waals surface area (Å²) in [6.07, 6.45) is 1.83. The number of rotatable bonds is 5. The van der Waals surface area contributed by atoms with Crippen molar-refractivity contribution in [2.24, 2.45) is 0 Å². The summed E-state index contributed by atoms with van der Waals surface area (Å²) in [6, 6.07) is 31.3. The highest BCUT2D eigenvalue weighted by Crippen LogP contribution is 2.30. The van der Waals surface area contributed by atoms with Crippen molar-refractivity contribution in [3.8, 4) is 11.8 Å². The molecule has 2 heterocycles. The summed E-state index contributed by atoms with van der Waals surface area (Å²) in [5.41, 5.74) is 6.52. The van der Waals surface area contributed by atoms with Crippen LogP contribution in [0, 0.1) is 25.2 Å². The van der Waals surface area contributed by atoms with Crippen molar-refractivity contribution in [3.63, 3.8) is 0 Å². The fourth-order valence-corrected chi connectivity index (χ4v) is 5.23. The van der Waals surface area contributed by atoms with Crippen LogP contribution in [0.25, 0.3) is 5.69 Å². The molecule has 0 aliphatic carbocycles. The Bertz CT molecular complexity index is 1350. The number of carbonyl (C=O) groups excluding carboxylic acids is 1. The number of aromatic nitrogens is 1. The normalized spacial score (nSPS) is 14.1. The number of piperazine rings is 1. The van der Waals surface area contributed by atoms with Crippen LogP contribution in [-0.4, -0.2) is 46.5 Å². The Labute approximate surface area is 212 Å². The van der Waals surface area contributed by atoms with Crippen molar-refractivity contribution < 1.29 is 4.79 Å². The average Bonchev–Trinajstić information content (AvgIpc) is 3.34. The molecule has 1 saturated heterocycles. The third kappa shape index (κ3) is 4.56. The number of carbonyl (C=O) groups is 1. The van der Waals surface area contributed by atoms with Gasteiger partial charge in [0.2, 0.25) is 0 Å². The second-order valence-corrected chi connectivity index (χ2v) is 9.40. The Balaban J connectivity index is 1.40. The average molecular weight is 475 g/mol. The van der Waals surface area contributed by atoms with E-state index in [-0.39, 0.29) is 11.9 Å². The summed E-state index contributed by atoms with van der Waals surface area (Å²) in [7, 11) is 0. The first kappa shape index (κ1) is 23.6. The molecule has 4 aromatic rings. The van der Waals surface area contributed by atoms with E-state index in [1.54, 1.807) is 6.07 Å². The summed E-state index contributed by atoms with van der Waals surface area (Å²) in [4.78, 5) is 18.1. The molecule has 5 nitrogen and oxygen atoms in total. The van der Waals surface area contributed by atoms with Gasteiger partial charge in [0, 0.05) is 38.1 Å². The standard InChI is InChI=1S/C31H30N4O/c1-23-13-14-28(24(2)21-23)35-16-15-27(22-32)30(35)31(36)34-19-17-33(18-20-34)29(25-9-5-3-6-10-25)26-11-7-4-8-12-26/h3-16,21,29H,17-20H2,1-2H3. The van der Waals surface area contributed by atoms with Crippen LogP contribution in [-0.2, 0) is 0 Å². The molecular formula is C31H30N4O. The van der Waals surface area contributed by atoms with Crippen molar-refractivity contribution in [2.75, 3.05) is 26.2 Å². The van der Waals surface area contributed by atoms with E-state index in [2.05, 4.69) is 72.5 Å². The number of hydrogen-bond acceptors (Lipinski definition) is 3. The molecule has 180 valence electrons. The Hall–Kier alpha value is -4.14. The molecule has 0 bridgehead atoms. The molecule has 0 saturated carbocycles. The van der Waals surface area contributed by atoms with Crippen LogP contribution in [0.1, 0.15) is 44.3 Å². The Morgan fingerprint density at radius 2 is 1.44 bits per heavy atom. The van der Waals surface area contributed by atoms with Gasteiger partial charge in [-0.3, -0.25) is 9.69 Å². The van der Waals surface area contributed by atoms with Gasteiger partial charge < -0.3 is 9.47 Å². The molecule has 3 aromatic carbocycles. The van der Waals surface area contributed by atoms with E-state index >= 15 is 0 Å². The highest BCUT2D eigenvalue weighted by atomic mass is 16.2. The van der Waals surface area contributed by atoms with E-state index in [1.165, 1.54) is 16.7 Å². The molecule has 5 heteroatoms. The summed E-state index contributed by atoms with van der Waals surface area (Å²) >= 11 is 0. The van der Waals surface area contributed by atoms with Gasteiger partial charge in [-0.15, -0.1) is 0 Å². The fourth-order valence-electron chi connectivity index (χ4n) is 5.23. The van der Waals surface area contributed by atoms with Gasteiger partial charge >= 0.3 is 0 Å². The van der Waals surface area contributed by atoms with Gasteiger partial charge in [-0.25, -0.2) is 0 Å². The first-order chi connectivity index (χ1) is 17.6. The maximum atomic E-state index is 13.8. The SMILES string of the molecule is Cc1ccc(-n2ccc(C#N)c2C(=O)N2CCN(C(c3ccccc3)c3ccccc3)CC2)c(C)c1. The van der Waals surface area contributed by atoms with Crippen LogP contribution in [0.2, 0.25) is 0 Å². The van der Waals surface area contributed by atoms with Gasteiger partial charge in [0.05, 0.1) is 11.6 Å². The topological polar surface area (TPSA) is 52.3 Å². The van der Waals surface area contributed by atoms with Crippen LogP contribution in [0.5, 0.6) is 0 Å². The van der Waals surface area contributed by atoms with Crippen molar-refractivity contribution in [1.29, 1.82) is 5.26 Å². The van der Waals surface area contributed by atoms with Crippen LogP contribution >= 0.6 is 0 Å². The lowest BCUT2D eigenvalue weighted by molar-refractivity contribution is 0.0589. The predicted octanol–water partition coefficient (Wildman–Crippen LogP) is 5.51. The minimum absolute atomic E-state index is 0.0906. The molecule has 0 atom stereocenters. The van der Waals surface area contributed by atoms with E-state index in [1.807, 2.05) is 46.9 Å². The molecule has 1 aliphatic rings. The van der Waals surface area contributed by atoms with Crippen LogP contribution in [0.4, 0.5) is 0 Å². The van der Waals surface area contributed by atoms with E-state index < -0.39 is 0 Å². The molecule has 0 N–H and O–H groups in total. The van der Waals surface area contributed by atoms with E-state index in [4.69, 9.17) is 0 Å². The molecule has 1 aliphatic heterocycles. The lowest BCUT2D eigenvalue weighted by Gasteiger charge is -2.40. The van der Waals surface area contributed by atoms with Gasteiger partial charge in [0.1, 0.15) is 11.8 Å². The fraction of sp³-hybridized carbons (Fsp3) is 0.226. The Kier molecular flexibility index (Phi) is 6.71. The molecule has 0 unspecified atom stereocenters. The Morgan fingerprint density at radius 3 is 2.00 bits per heavy atom. The van der Waals surface area contributed by atoms with E-state index in [0.717, 1.165) is 24.3 Å². The second kappa shape index (κ2) is 10.2. The largest absolute Gasteiger partial charge is 0.335 e. The van der Waals surface area contributed by atoms with E-state index in [9.17, 15) is 10.1 Å². The summed E-state index contributed by atoms with van der Waals surface area (Å²) in [6.45, 7) is 6.82. The van der Waals surface area contributed by atoms with Gasteiger partial charge in [-0.05, 0) is 42.7 Å². The van der Waals surface area contributed by atoms with Gasteiger partial charge in [-0.2, -0.15) is 5.26 Å². The zero-order valence-corrected chi connectivity index (χ0v) is 20.8.